The van der Waals surface area contributed by atoms with Gasteiger partial charge in [0.2, 0.25) is 0 Å². The molecule has 2 aromatic heterocycles. The maximum atomic E-state index is 12.8. The van der Waals surface area contributed by atoms with Crippen LogP contribution in [0, 0.1) is 0 Å². The van der Waals surface area contributed by atoms with Crippen molar-refractivity contribution in [1.82, 2.24) is 9.78 Å². The number of hydrogen-bond acceptors (Lipinski definition) is 3. The van der Waals surface area contributed by atoms with Gasteiger partial charge in [0.1, 0.15) is 11.3 Å². The van der Waals surface area contributed by atoms with Gasteiger partial charge < -0.3 is 4.42 Å². The zero-order chi connectivity index (χ0) is 22.9. The summed E-state index contributed by atoms with van der Waals surface area (Å²) in [6.07, 6.45) is 4.97. The third kappa shape index (κ3) is 4.21. The van der Waals surface area contributed by atoms with Gasteiger partial charge in [-0.3, -0.25) is 4.79 Å². The van der Waals surface area contributed by atoms with E-state index in [9.17, 15) is 4.79 Å². The Morgan fingerprint density at radius 1 is 0.909 bits per heavy atom. The van der Waals surface area contributed by atoms with Crippen LogP contribution in [0.5, 0.6) is 0 Å². The average molecular weight is 494 g/mol. The molecule has 0 saturated heterocycles. The third-order valence-electron chi connectivity index (χ3n) is 5.14. The number of fused-ring (bicyclic) bond motifs is 1. The molecule has 0 aliphatic rings. The van der Waals surface area contributed by atoms with E-state index in [4.69, 9.17) is 44.3 Å². The van der Waals surface area contributed by atoms with Crippen molar-refractivity contribution in [2.45, 2.75) is 0 Å². The van der Waals surface area contributed by atoms with E-state index in [0.29, 0.717) is 22.0 Å². The molecule has 0 saturated carbocycles. The Kier molecular flexibility index (Phi) is 5.81. The van der Waals surface area contributed by atoms with E-state index in [2.05, 4.69) is 0 Å². The summed E-state index contributed by atoms with van der Waals surface area (Å²) in [4.78, 5) is 12.8. The summed E-state index contributed by atoms with van der Waals surface area (Å²) in [6.45, 7) is 0. The highest BCUT2D eigenvalue weighted by Gasteiger charge is 2.17. The number of furan rings is 1. The lowest BCUT2D eigenvalue weighted by molar-refractivity contribution is 0.104. The van der Waals surface area contributed by atoms with E-state index in [1.54, 1.807) is 22.9 Å². The first-order valence-corrected chi connectivity index (χ1v) is 11.1. The van der Waals surface area contributed by atoms with Crippen LogP contribution in [0.2, 0.25) is 15.1 Å². The van der Waals surface area contributed by atoms with E-state index < -0.39 is 0 Å². The first-order chi connectivity index (χ1) is 16.0. The van der Waals surface area contributed by atoms with Gasteiger partial charge in [0, 0.05) is 22.7 Å². The zero-order valence-corrected chi connectivity index (χ0v) is 19.3. The second-order valence-corrected chi connectivity index (χ2v) is 8.45. The molecule has 5 rings (SSSR count). The standard InChI is InChI=1S/C26H15Cl3N2O2/c27-20-12-11-19(24(28)25(20)29)21(32)13-10-17-15-31(18-7-2-1-3-8-18)30-26(17)23-14-16-6-4-5-9-22(16)33-23/h1-15H. The quantitative estimate of drug-likeness (QED) is 0.141. The molecule has 162 valence electrons. The van der Waals surface area contributed by atoms with E-state index in [0.717, 1.165) is 16.7 Å². The fraction of sp³-hybridized carbons (Fsp3) is 0. The molecule has 2 heterocycles. The molecular weight excluding hydrogens is 479 g/mol. The highest BCUT2D eigenvalue weighted by molar-refractivity contribution is 6.49. The van der Waals surface area contributed by atoms with Crippen molar-refractivity contribution in [3.63, 3.8) is 0 Å². The SMILES string of the molecule is O=C(C=Cc1cn(-c2ccccc2)nc1-c1cc2ccccc2o1)c1ccc(Cl)c(Cl)c1Cl. The Morgan fingerprint density at radius 2 is 1.67 bits per heavy atom. The van der Waals surface area contributed by atoms with E-state index in [1.165, 1.54) is 6.08 Å². The molecule has 0 N–H and O–H groups in total. The minimum Gasteiger partial charge on any atom is -0.454 e. The molecular formula is C26H15Cl3N2O2. The molecule has 0 bridgehead atoms. The number of ketones is 1. The van der Waals surface area contributed by atoms with Crippen molar-refractivity contribution in [2.24, 2.45) is 0 Å². The maximum absolute atomic E-state index is 12.8. The summed E-state index contributed by atoms with van der Waals surface area (Å²) in [5, 5.41) is 6.27. The second kappa shape index (κ2) is 8.91. The van der Waals surface area contributed by atoms with Crippen LogP contribution in [-0.2, 0) is 0 Å². The highest BCUT2D eigenvalue weighted by atomic mass is 35.5. The lowest BCUT2D eigenvalue weighted by Gasteiger charge is -2.03. The lowest BCUT2D eigenvalue weighted by Crippen LogP contribution is -1.96. The molecule has 0 amide bonds. The van der Waals surface area contributed by atoms with Gasteiger partial charge >= 0.3 is 0 Å². The van der Waals surface area contributed by atoms with Crippen molar-refractivity contribution in [3.8, 4) is 17.1 Å². The molecule has 0 unspecified atom stereocenters. The molecule has 0 atom stereocenters. The van der Waals surface area contributed by atoms with Crippen molar-refractivity contribution in [2.75, 3.05) is 0 Å². The Labute approximate surface area is 204 Å². The number of aromatic nitrogens is 2. The largest absolute Gasteiger partial charge is 0.454 e. The minimum absolute atomic E-state index is 0.122. The fourth-order valence-electron chi connectivity index (χ4n) is 3.48. The molecule has 33 heavy (non-hydrogen) atoms. The summed E-state index contributed by atoms with van der Waals surface area (Å²) >= 11 is 18.3. The van der Waals surface area contributed by atoms with E-state index in [1.807, 2.05) is 66.9 Å². The molecule has 3 aromatic carbocycles. The van der Waals surface area contributed by atoms with Crippen LogP contribution in [0.15, 0.2) is 89.5 Å². The summed E-state index contributed by atoms with van der Waals surface area (Å²) in [7, 11) is 0. The number of allylic oxidation sites excluding steroid dienone is 1. The minimum atomic E-state index is -0.304. The van der Waals surface area contributed by atoms with Crippen LogP contribution < -0.4 is 0 Å². The van der Waals surface area contributed by atoms with Gasteiger partial charge in [-0.1, -0.05) is 71.2 Å². The van der Waals surface area contributed by atoms with Crippen molar-refractivity contribution < 1.29 is 9.21 Å². The third-order valence-corrected chi connectivity index (χ3v) is 6.43. The maximum Gasteiger partial charge on any atom is 0.187 e. The first kappa shape index (κ1) is 21.5. The van der Waals surface area contributed by atoms with Crippen LogP contribution in [0.3, 0.4) is 0 Å². The highest BCUT2D eigenvalue weighted by Crippen LogP contribution is 2.34. The first-order valence-electron chi connectivity index (χ1n) is 10.0. The van der Waals surface area contributed by atoms with Crippen LogP contribution >= 0.6 is 34.8 Å². The number of benzene rings is 3. The monoisotopic (exact) mass is 492 g/mol. The summed E-state index contributed by atoms with van der Waals surface area (Å²) in [6, 6.07) is 22.5. The van der Waals surface area contributed by atoms with E-state index >= 15 is 0 Å². The normalized spacial score (nSPS) is 11.5. The number of carbonyl (C=O) groups excluding carboxylic acids is 1. The van der Waals surface area contributed by atoms with Crippen molar-refractivity contribution in [3.05, 3.63) is 111 Å². The van der Waals surface area contributed by atoms with Crippen LogP contribution in [-0.4, -0.2) is 15.6 Å². The number of para-hydroxylation sites is 2. The molecule has 0 aliphatic heterocycles. The van der Waals surface area contributed by atoms with Gasteiger partial charge in [0.25, 0.3) is 0 Å². The van der Waals surface area contributed by atoms with Gasteiger partial charge in [-0.25, -0.2) is 4.68 Å². The number of rotatable bonds is 5. The summed E-state index contributed by atoms with van der Waals surface area (Å²) in [5.74, 6) is 0.298. The molecule has 0 radical (unpaired) electrons. The van der Waals surface area contributed by atoms with Gasteiger partial charge in [0.05, 0.1) is 20.8 Å². The van der Waals surface area contributed by atoms with Crippen molar-refractivity contribution in [1.29, 1.82) is 0 Å². The van der Waals surface area contributed by atoms with Gasteiger partial charge in [-0.2, -0.15) is 5.10 Å². The Bertz CT molecular complexity index is 1480. The predicted octanol–water partition coefficient (Wildman–Crippen LogP) is 8.14. The molecule has 0 aliphatic carbocycles. The smallest absolute Gasteiger partial charge is 0.187 e. The van der Waals surface area contributed by atoms with Crippen LogP contribution in [0.4, 0.5) is 0 Å². The fourth-order valence-corrected chi connectivity index (χ4v) is 4.11. The van der Waals surface area contributed by atoms with E-state index in [-0.39, 0.29) is 21.4 Å². The molecule has 0 spiro atoms. The Hall–Kier alpha value is -3.31. The topological polar surface area (TPSA) is 48.0 Å². The molecule has 7 heteroatoms. The predicted molar refractivity (Wildman–Crippen MR) is 134 cm³/mol. The lowest BCUT2D eigenvalue weighted by atomic mass is 10.1. The number of hydrogen-bond donors (Lipinski definition) is 0. The Morgan fingerprint density at radius 3 is 2.45 bits per heavy atom. The van der Waals surface area contributed by atoms with Crippen molar-refractivity contribution >= 4 is 57.6 Å². The number of nitrogens with zero attached hydrogens (tertiary/aromatic N) is 2. The number of carbonyl (C=O) groups is 1. The molecule has 4 nitrogen and oxygen atoms in total. The Balaban J connectivity index is 1.58. The van der Waals surface area contributed by atoms with Gasteiger partial charge in [-0.05, 0) is 48.6 Å². The molecule has 0 fully saturated rings. The summed E-state index contributed by atoms with van der Waals surface area (Å²) < 4.78 is 7.78. The second-order valence-electron chi connectivity index (χ2n) is 7.28. The van der Waals surface area contributed by atoms with Gasteiger partial charge in [-0.15, -0.1) is 0 Å². The number of halogens is 3. The zero-order valence-electron chi connectivity index (χ0n) is 17.0. The average Bonchev–Trinajstić information content (AvgIpc) is 3.46. The van der Waals surface area contributed by atoms with Gasteiger partial charge in [0.15, 0.2) is 11.5 Å². The summed E-state index contributed by atoms with van der Waals surface area (Å²) in [5.41, 5.74) is 3.23. The molecule has 5 aromatic rings. The van der Waals surface area contributed by atoms with Crippen LogP contribution in [0.25, 0.3) is 34.2 Å². The van der Waals surface area contributed by atoms with Crippen LogP contribution in [0.1, 0.15) is 15.9 Å².